The van der Waals surface area contributed by atoms with E-state index >= 15 is 0 Å². The highest BCUT2D eigenvalue weighted by molar-refractivity contribution is 5.68. The first-order valence-electron chi connectivity index (χ1n) is 7.53. The molecule has 0 spiro atoms. The number of hydrogen-bond donors (Lipinski definition) is 3. The molecular weight excluding hydrogens is 282 g/mol. The fraction of sp³-hybridized carbons (Fsp3) is 0.688. The molecule has 0 radical (unpaired) electrons. The summed E-state index contributed by atoms with van der Waals surface area (Å²) in [5.41, 5.74) is 5.74. The van der Waals surface area contributed by atoms with E-state index in [4.69, 9.17) is 15.2 Å². The van der Waals surface area contributed by atoms with E-state index in [1.807, 2.05) is 20.8 Å². The van der Waals surface area contributed by atoms with Crippen molar-refractivity contribution >= 4 is 6.09 Å². The molecule has 1 amide bonds. The quantitative estimate of drug-likeness (QED) is 0.425. The fourth-order valence-electron chi connectivity index (χ4n) is 1.72. The molecule has 0 aliphatic heterocycles. The van der Waals surface area contributed by atoms with E-state index in [9.17, 15) is 4.79 Å². The maximum absolute atomic E-state index is 11.8. The molecule has 0 saturated heterocycles. The van der Waals surface area contributed by atoms with Crippen LogP contribution in [0.3, 0.4) is 0 Å². The van der Waals surface area contributed by atoms with Gasteiger partial charge in [-0.05, 0) is 40.0 Å². The number of hydrogen-bond acceptors (Lipinski definition) is 5. The van der Waals surface area contributed by atoms with Crippen LogP contribution in [0.2, 0.25) is 0 Å². The number of nitrogens with one attached hydrogen (secondary N) is 2. The minimum atomic E-state index is -0.532. The second-order valence-electron chi connectivity index (χ2n) is 6.10. The summed E-state index contributed by atoms with van der Waals surface area (Å²) in [7, 11) is 1.54. The minimum absolute atomic E-state index is 0.266. The maximum atomic E-state index is 11.8. The van der Waals surface area contributed by atoms with E-state index in [0.717, 1.165) is 31.5 Å². The van der Waals surface area contributed by atoms with Gasteiger partial charge >= 0.3 is 6.09 Å². The predicted octanol–water partition coefficient (Wildman–Crippen LogP) is 2.27. The van der Waals surface area contributed by atoms with Gasteiger partial charge in [0.2, 0.25) is 0 Å². The van der Waals surface area contributed by atoms with E-state index in [1.165, 1.54) is 0 Å². The Bertz CT molecular complexity index is 375. The number of methoxy groups -OCH3 is 1. The molecule has 0 aliphatic carbocycles. The first-order valence-corrected chi connectivity index (χ1v) is 7.53. The van der Waals surface area contributed by atoms with Gasteiger partial charge in [0.25, 0.3) is 0 Å². The van der Waals surface area contributed by atoms with Gasteiger partial charge in [0.05, 0.1) is 13.2 Å². The monoisotopic (exact) mass is 313 g/mol. The summed E-state index contributed by atoms with van der Waals surface area (Å²) < 4.78 is 10.4. The lowest BCUT2D eigenvalue weighted by Gasteiger charge is -2.24. The number of carbonyl (C=O) groups is 1. The lowest BCUT2D eigenvalue weighted by Crippen LogP contribution is -2.40. The standard InChI is InChI=1S/C16H31N3O3/c1-12(11-17)18-10-8-7-9-14(13(2)21-6)19-15(20)22-16(3,4)5/h14,18H,1-2,7-11,17H2,3-6H3,(H,19,20)/t14-/m0/s1. The average Bonchev–Trinajstić information content (AvgIpc) is 2.42. The summed E-state index contributed by atoms with van der Waals surface area (Å²) in [5, 5.41) is 5.93. The van der Waals surface area contributed by atoms with Crippen molar-refractivity contribution in [3.63, 3.8) is 0 Å². The van der Waals surface area contributed by atoms with Crippen LogP contribution in [0.15, 0.2) is 24.6 Å². The molecule has 0 aromatic heterocycles. The van der Waals surface area contributed by atoms with Crippen molar-refractivity contribution in [2.24, 2.45) is 5.73 Å². The molecule has 128 valence electrons. The van der Waals surface area contributed by atoms with Gasteiger partial charge in [-0.3, -0.25) is 0 Å². The molecule has 0 fully saturated rings. The molecular formula is C16H31N3O3. The molecule has 22 heavy (non-hydrogen) atoms. The van der Waals surface area contributed by atoms with Gasteiger partial charge in [-0.1, -0.05) is 13.2 Å². The SMILES string of the molecule is C=C(CN)NCCCC[C@H](NC(=O)OC(C)(C)C)C(=C)OC. The van der Waals surface area contributed by atoms with Crippen molar-refractivity contribution in [1.82, 2.24) is 10.6 Å². The van der Waals surface area contributed by atoms with Gasteiger partial charge < -0.3 is 25.8 Å². The first-order chi connectivity index (χ1) is 10.2. The Morgan fingerprint density at radius 3 is 2.41 bits per heavy atom. The lowest BCUT2D eigenvalue weighted by molar-refractivity contribution is 0.0494. The zero-order chi connectivity index (χ0) is 17.2. The molecule has 1 atom stereocenters. The highest BCUT2D eigenvalue weighted by Crippen LogP contribution is 2.12. The van der Waals surface area contributed by atoms with E-state index < -0.39 is 11.7 Å². The van der Waals surface area contributed by atoms with Crippen molar-refractivity contribution in [3.05, 3.63) is 24.6 Å². The predicted molar refractivity (Wildman–Crippen MR) is 89.4 cm³/mol. The number of amides is 1. The number of unbranched alkanes of at least 4 members (excludes halogenated alkanes) is 1. The number of nitrogens with two attached hydrogens (primary N) is 1. The third kappa shape index (κ3) is 10.1. The Kier molecular flexibility index (Phi) is 9.33. The zero-order valence-electron chi connectivity index (χ0n) is 14.3. The van der Waals surface area contributed by atoms with E-state index in [-0.39, 0.29) is 6.04 Å². The van der Waals surface area contributed by atoms with Crippen LogP contribution in [0.4, 0.5) is 4.79 Å². The van der Waals surface area contributed by atoms with Crippen LogP contribution in [-0.2, 0) is 9.47 Å². The van der Waals surface area contributed by atoms with E-state index in [2.05, 4.69) is 23.8 Å². The summed E-state index contributed by atoms with van der Waals surface area (Å²) in [6, 6.07) is -0.266. The van der Waals surface area contributed by atoms with Crippen LogP contribution in [0.25, 0.3) is 0 Å². The highest BCUT2D eigenvalue weighted by Gasteiger charge is 2.21. The number of alkyl carbamates (subject to hydrolysis) is 1. The van der Waals surface area contributed by atoms with Crippen LogP contribution in [0, 0.1) is 0 Å². The van der Waals surface area contributed by atoms with Gasteiger partial charge in [0.15, 0.2) is 0 Å². The maximum Gasteiger partial charge on any atom is 0.408 e. The molecule has 6 nitrogen and oxygen atoms in total. The van der Waals surface area contributed by atoms with E-state index in [1.54, 1.807) is 7.11 Å². The number of ether oxygens (including phenoxy) is 2. The summed E-state index contributed by atoms with van der Waals surface area (Å²) in [5.74, 6) is 0.519. The Labute approximate surface area is 134 Å². The van der Waals surface area contributed by atoms with Crippen LogP contribution in [-0.4, -0.2) is 37.9 Å². The molecule has 0 rings (SSSR count). The van der Waals surface area contributed by atoms with Crippen molar-refractivity contribution in [2.45, 2.75) is 51.7 Å². The van der Waals surface area contributed by atoms with Gasteiger partial charge in [0.1, 0.15) is 11.4 Å². The van der Waals surface area contributed by atoms with Crippen molar-refractivity contribution in [2.75, 3.05) is 20.2 Å². The zero-order valence-corrected chi connectivity index (χ0v) is 14.3. The van der Waals surface area contributed by atoms with Gasteiger partial charge in [-0.2, -0.15) is 0 Å². The second kappa shape index (κ2) is 10.1. The van der Waals surface area contributed by atoms with Crippen LogP contribution >= 0.6 is 0 Å². The number of rotatable bonds is 10. The highest BCUT2D eigenvalue weighted by atomic mass is 16.6. The third-order valence-electron chi connectivity index (χ3n) is 2.88. The molecule has 0 aliphatic rings. The Balaban J connectivity index is 4.22. The molecule has 6 heteroatoms. The summed E-state index contributed by atoms with van der Waals surface area (Å²) in [4.78, 5) is 11.8. The molecule has 4 N–H and O–H groups in total. The summed E-state index contributed by atoms with van der Waals surface area (Å²) >= 11 is 0. The molecule has 0 aromatic carbocycles. The topological polar surface area (TPSA) is 85.6 Å². The van der Waals surface area contributed by atoms with Crippen LogP contribution < -0.4 is 16.4 Å². The van der Waals surface area contributed by atoms with Crippen molar-refractivity contribution in [1.29, 1.82) is 0 Å². The molecule has 0 bridgehead atoms. The lowest BCUT2D eigenvalue weighted by atomic mass is 10.1. The number of carbonyl (C=O) groups excluding carboxylic acids is 1. The minimum Gasteiger partial charge on any atom is -0.500 e. The average molecular weight is 313 g/mol. The van der Waals surface area contributed by atoms with Gasteiger partial charge in [-0.15, -0.1) is 0 Å². The molecule has 0 heterocycles. The Hall–Kier alpha value is -1.69. The van der Waals surface area contributed by atoms with Gasteiger partial charge in [0, 0.05) is 18.8 Å². The first kappa shape index (κ1) is 20.3. The largest absolute Gasteiger partial charge is 0.500 e. The fourth-order valence-corrected chi connectivity index (χ4v) is 1.72. The third-order valence-corrected chi connectivity index (χ3v) is 2.88. The summed E-state index contributed by atoms with van der Waals surface area (Å²) in [6.45, 7) is 14.3. The van der Waals surface area contributed by atoms with E-state index in [0.29, 0.717) is 12.3 Å². The normalized spacial score (nSPS) is 12.2. The van der Waals surface area contributed by atoms with Crippen LogP contribution in [0.5, 0.6) is 0 Å². The van der Waals surface area contributed by atoms with Crippen molar-refractivity contribution in [3.8, 4) is 0 Å². The van der Waals surface area contributed by atoms with Crippen LogP contribution in [0.1, 0.15) is 40.0 Å². The Morgan fingerprint density at radius 2 is 1.91 bits per heavy atom. The van der Waals surface area contributed by atoms with Crippen molar-refractivity contribution < 1.29 is 14.3 Å². The molecule has 0 unspecified atom stereocenters. The molecule has 0 saturated carbocycles. The smallest absolute Gasteiger partial charge is 0.408 e. The van der Waals surface area contributed by atoms with Gasteiger partial charge in [-0.25, -0.2) is 4.79 Å². The molecule has 0 aromatic rings. The summed E-state index contributed by atoms with van der Waals surface area (Å²) in [6.07, 6.45) is 2.09. The Morgan fingerprint density at radius 1 is 1.27 bits per heavy atom. The second-order valence-corrected chi connectivity index (χ2v) is 6.10.